The van der Waals surface area contributed by atoms with Crippen LogP contribution in [-0.4, -0.2) is 36.6 Å². The van der Waals surface area contributed by atoms with Crippen molar-refractivity contribution in [3.63, 3.8) is 0 Å². The summed E-state index contributed by atoms with van der Waals surface area (Å²) in [6.07, 6.45) is 0. The van der Waals surface area contributed by atoms with Gasteiger partial charge in [0.15, 0.2) is 0 Å². The summed E-state index contributed by atoms with van der Waals surface area (Å²) in [7, 11) is 2.18. The topological polar surface area (TPSA) is 31.1 Å². The number of aromatic amines is 1. The van der Waals surface area contributed by atoms with Gasteiger partial charge in [-0.2, -0.15) is 0 Å². The zero-order valence-corrected chi connectivity index (χ0v) is 9.22. The van der Waals surface area contributed by atoms with Crippen molar-refractivity contribution < 1.29 is 0 Å². The van der Waals surface area contributed by atoms with Crippen LogP contribution in [0, 0.1) is 13.8 Å². The second-order valence-corrected chi connectivity index (χ2v) is 4.32. The van der Waals surface area contributed by atoms with E-state index in [0.717, 1.165) is 19.6 Å². The molecular weight excluding hydrogens is 174 g/mol. The first-order chi connectivity index (χ1) is 6.66. The maximum absolute atomic E-state index is 3.55. The molecule has 0 saturated carbocycles. The van der Waals surface area contributed by atoms with Gasteiger partial charge in [0, 0.05) is 31.0 Å². The Kier molecular flexibility index (Phi) is 2.61. The van der Waals surface area contributed by atoms with Gasteiger partial charge in [0.1, 0.15) is 0 Å². The van der Waals surface area contributed by atoms with Crippen LogP contribution in [-0.2, 0) is 0 Å². The van der Waals surface area contributed by atoms with Crippen molar-refractivity contribution in [3.05, 3.63) is 23.0 Å². The standard InChI is InChI=1S/C11H19N3/c1-8-6-9(2)13-11(8)10-7-14(3)5-4-12-10/h6,10,12-13H,4-5,7H2,1-3H3. The van der Waals surface area contributed by atoms with Crippen LogP contribution in [0.4, 0.5) is 0 Å². The molecule has 0 aromatic carbocycles. The number of aryl methyl sites for hydroxylation is 2. The van der Waals surface area contributed by atoms with E-state index in [4.69, 9.17) is 0 Å². The molecule has 2 heterocycles. The maximum atomic E-state index is 3.55. The number of hydrogen-bond donors (Lipinski definition) is 2. The third kappa shape index (κ3) is 1.83. The van der Waals surface area contributed by atoms with Crippen molar-refractivity contribution in [2.75, 3.05) is 26.7 Å². The Bertz CT molecular complexity index is 316. The van der Waals surface area contributed by atoms with Crippen LogP contribution in [0.15, 0.2) is 6.07 Å². The maximum Gasteiger partial charge on any atom is 0.0605 e. The van der Waals surface area contributed by atoms with Crippen LogP contribution in [0.1, 0.15) is 23.0 Å². The Morgan fingerprint density at radius 3 is 2.79 bits per heavy atom. The minimum absolute atomic E-state index is 0.474. The minimum atomic E-state index is 0.474. The number of nitrogens with one attached hydrogen (secondary N) is 2. The van der Waals surface area contributed by atoms with E-state index in [-0.39, 0.29) is 0 Å². The molecular formula is C11H19N3. The van der Waals surface area contributed by atoms with Crippen molar-refractivity contribution >= 4 is 0 Å². The number of hydrogen-bond acceptors (Lipinski definition) is 2. The largest absolute Gasteiger partial charge is 0.361 e. The van der Waals surface area contributed by atoms with Gasteiger partial charge >= 0.3 is 0 Å². The monoisotopic (exact) mass is 193 g/mol. The Morgan fingerprint density at radius 2 is 2.21 bits per heavy atom. The van der Waals surface area contributed by atoms with Crippen molar-refractivity contribution in [2.24, 2.45) is 0 Å². The fraction of sp³-hybridized carbons (Fsp3) is 0.636. The Balaban J connectivity index is 2.17. The van der Waals surface area contributed by atoms with Gasteiger partial charge in [-0.25, -0.2) is 0 Å². The van der Waals surface area contributed by atoms with Gasteiger partial charge in [0.25, 0.3) is 0 Å². The van der Waals surface area contributed by atoms with Crippen LogP contribution < -0.4 is 5.32 Å². The Hall–Kier alpha value is -0.800. The summed E-state index contributed by atoms with van der Waals surface area (Å²) in [5.41, 5.74) is 3.98. The molecule has 14 heavy (non-hydrogen) atoms. The van der Waals surface area contributed by atoms with Crippen molar-refractivity contribution in [1.82, 2.24) is 15.2 Å². The minimum Gasteiger partial charge on any atom is -0.361 e. The highest BCUT2D eigenvalue weighted by atomic mass is 15.2. The molecule has 1 saturated heterocycles. The average Bonchev–Trinajstić information content (AvgIpc) is 2.45. The summed E-state index contributed by atoms with van der Waals surface area (Å²) >= 11 is 0. The van der Waals surface area contributed by atoms with Crippen LogP contribution in [0.2, 0.25) is 0 Å². The summed E-state index contributed by atoms with van der Waals surface area (Å²) in [5, 5.41) is 3.55. The second-order valence-electron chi connectivity index (χ2n) is 4.32. The van der Waals surface area contributed by atoms with E-state index in [9.17, 15) is 0 Å². The van der Waals surface area contributed by atoms with Crippen LogP contribution in [0.3, 0.4) is 0 Å². The van der Waals surface area contributed by atoms with E-state index < -0.39 is 0 Å². The average molecular weight is 193 g/mol. The lowest BCUT2D eigenvalue weighted by molar-refractivity contribution is 0.238. The fourth-order valence-electron chi connectivity index (χ4n) is 2.20. The lowest BCUT2D eigenvalue weighted by Crippen LogP contribution is -2.44. The lowest BCUT2D eigenvalue weighted by atomic mass is 10.1. The quantitative estimate of drug-likeness (QED) is 0.702. The molecule has 1 aliphatic rings. The molecule has 1 aromatic heterocycles. The van der Waals surface area contributed by atoms with Gasteiger partial charge in [-0.05, 0) is 32.5 Å². The summed E-state index contributed by atoms with van der Waals surface area (Å²) in [4.78, 5) is 5.82. The Labute approximate surface area is 85.5 Å². The highest BCUT2D eigenvalue weighted by molar-refractivity contribution is 5.27. The van der Waals surface area contributed by atoms with Crippen LogP contribution in [0.5, 0.6) is 0 Å². The molecule has 1 aromatic rings. The zero-order valence-electron chi connectivity index (χ0n) is 9.22. The summed E-state index contributed by atoms with van der Waals surface area (Å²) < 4.78 is 0. The third-order valence-corrected chi connectivity index (χ3v) is 2.92. The summed E-state index contributed by atoms with van der Waals surface area (Å²) in [6, 6.07) is 2.69. The first-order valence-corrected chi connectivity index (χ1v) is 5.25. The molecule has 0 bridgehead atoms. The predicted molar refractivity (Wildman–Crippen MR) is 58.5 cm³/mol. The molecule has 0 radical (unpaired) electrons. The number of aromatic nitrogens is 1. The summed E-state index contributed by atoms with van der Waals surface area (Å²) in [5.74, 6) is 0. The smallest absolute Gasteiger partial charge is 0.0605 e. The molecule has 2 N–H and O–H groups in total. The molecule has 3 heteroatoms. The van der Waals surface area contributed by atoms with Crippen molar-refractivity contribution in [2.45, 2.75) is 19.9 Å². The van der Waals surface area contributed by atoms with Gasteiger partial charge < -0.3 is 15.2 Å². The van der Waals surface area contributed by atoms with Crippen molar-refractivity contribution in [3.8, 4) is 0 Å². The summed E-state index contributed by atoms with van der Waals surface area (Å²) in [6.45, 7) is 7.62. The number of rotatable bonds is 1. The van der Waals surface area contributed by atoms with E-state index >= 15 is 0 Å². The van der Waals surface area contributed by atoms with E-state index in [1.54, 1.807) is 0 Å². The first-order valence-electron chi connectivity index (χ1n) is 5.25. The molecule has 0 amide bonds. The second kappa shape index (κ2) is 3.75. The normalized spacial score (nSPS) is 24.1. The molecule has 1 atom stereocenters. The zero-order chi connectivity index (χ0) is 10.1. The lowest BCUT2D eigenvalue weighted by Gasteiger charge is -2.30. The van der Waals surface area contributed by atoms with Gasteiger partial charge in [-0.3, -0.25) is 0 Å². The van der Waals surface area contributed by atoms with Crippen LogP contribution in [0.25, 0.3) is 0 Å². The highest BCUT2D eigenvalue weighted by Gasteiger charge is 2.20. The molecule has 0 spiro atoms. The van der Waals surface area contributed by atoms with Crippen molar-refractivity contribution in [1.29, 1.82) is 0 Å². The number of likely N-dealkylation sites (N-methyl/N-ethyl adjacent to an activating group) is 1. The third-order valence-electron chi connectivity index (χ3n) is 2.92. The molecule has 1 aliphatic heterocycles. The predicted octanol–water partition coefficient (Wildman–Crippen LogP) is 1.21. The Morgan fingerprint density at radius 1 is 1.43 bits per heavy atom. The van der Waals surface area contributed by atoms with E-state index in [0.29, 0.717) is 6.04 Å². The molecule has 2 rings (SSSR count). The van der Waals surface area contributed by atoms with E-state index in [2.05, 4.69) is 42.2 Å². The molecule has 78 valence electrons. The number of H-pyrrole nitrogens is 1. The SMILES string of the molecule is Cc1cc(C)c(C2CN(C)CCN2)[nH]1. The molecule has 1 unspecified atom stereocenters. The van der Waals surface area contributed by atoms with Gasteiger partial charge in [-0.15, -0.1) is 0 Å². The number of piperazine rings is 1. The molecule has 0 aliphatic carbocycles. The highest BCUT2D eigenvalue weighted by Crippen LogP contribution is 2.20. The molecule has 3 nitrogen and oxygen atoms in total. The molecule has 1 fully saturated rings. The van der Waals surface area contributed by atoms with Gasteiger partial charge in [-0.1, -0.05) is 0 Å². The van der Waals surface area contributed by atoms with E-state index in [1.165, 1.54) is 17.0 Å². The van der Waals surface area contributed by atoms with Gasteiger partial charge in [0.05, 0.1) is 6.04 Å². The first kappa shape index (κ1) is 9.74. The van der Waals surface area contributed by atoms with Gasteiger partial charge in [0.2, 0.25) is 0 Å². The van der Waals surface area contributed by atoms with Crippen LogP contribution >= 0.6 is 0 Å². The van der Waals surface area contributed by atoms with E-state index in [1.807, 2.05) is 0 Å². The fourth-order valence-corrected chi connectivity index (χ4v) is 2.20. The number of nitrogens with zero attached hydrogens (tertiary/aromatic N) is 1.